The van der Waals surface area contributed by atoms with Gasteiger partial charge in [-0.15, -0.1) is 0 Å². The molecular formula is C16H14BrN3O3S. The van der Waals surface area contributed by atoms with Crippen molar-refractivity contribution in [2.45, 2.75) is 0 Å². The molecule has 2 aromatic carbocycles. The van der Waals surface area contributed by atoms with Crippen LogP contribution in [-0.2, 0) is 0 Å². The number of rotatable bonds is 5. The van der Waals surface area contributed by atoms with Crippen molar-refractivity contribution in [3.63, 3.8) is 0 Å². The van der Waals surface area contributed by atoms with Gasteiger partial charge in [-0.3, -0.25) is 5.43 Å². The Morgan fingerprint density at radius 1 is 1.33 bits per heavy atom. The molecule has 2 rings (SSSR count). The lowest BCUT2D eigenvalue weighted by molar-refractivity contribution is 0.0697. The van der Waals surface area contributed by atoms with Gasteiger partial charge in [0.1, 0.15) is 5.75 Å². The molecule has 0 aliphatic heterocycles. The molecule has 0 unspecified atom stereocenters. The van der Waals surface area contributed by atoms with Gasteiger partial charge in [-0.05, 0) is 48.6 Å². The summed E-state index contributed by atoms with van der Waals surface area (Å²) in [6, 6.07) is 11.9. The molecule has 6 nitrogen and oxygen atoms in total. The van der Waals surface area contributed by atoms with E-state index in [1.54, 1.807) is 25.5 Å². The van der Waals surface area contributed by atoms with E-state index in [4.69, 9.17) is 22.1 Å². The Morgan fingerprint density at radius 3 is 2.83 bits per heavy atom. The number of anilines is 1. The summed E-state index contributed by atoms with van der Waals surface area (Å²) in [6.07, 6.45) is 1.57. The number of nitrogens with one attached hydrogen (secondary N) is 2. The van der Waals surface area contributed by atoms with Gasteiger partial charge < -0.3 is 15.2 Å². The number of benzene rings is 2. The molecule has 0 atom stereocenters. The van der Waals surface area contributed by atoms with Crippen LogP contribution in [0.25, 0.3) is 0 Å². The smallest absolute Gasteiger partial charge is 0.335 e. The van der Waals surface area contributed by atoms with E-state index in [0.717, 1.165) is 10.0 Å². The summed E-state index contributed by atoms with van der Waals surface area (Å²) in [4.78, 5) is 10.9. The van der Waals surface area contributed by atoms with Crippen molar-refractivity contribution in [1.29, 1.82) is 0 Å². The third-order valence-electron chi connectivity index (χ3n) is 2.93. The first-order valence-corrected chi connectivity index (χ1v) is 7.96. The maximum atomic E-state index is 10.9. The highest BCUT2D eigenvalue weighted by Gasteiger charge is 2.04. The fourth-order valence-electron chi connectivity index (χ4n) is 1.86. The zero-order valence-electron chi connectivity index (χ0n) is 12.6. The molecule has 0 saturated carbocycles. The Kier molecular flexibility index (Phi) is 6.28. The average Bonchev–Trinajstić information content (AvgIpc) is 2.55. The molecule has 0 aliphatic carbocycles. The minimum atomic E-state index is -1.00. The normalized spacial score (nSPS) is 10.4. The Morgan fingerprint density at radius 2 is 2.12 bits per heavy atom. The zero-order chi connectivity index (χ0) is 17.5. The summed E-state index contributed by atoms with van der Waals surface area (Å²) in [6.45, 7) is 0. The molecule has 0 saturated heterocycles. The van der Waals surface area contributed by atoms with Crippen LogP contribution in [0.3, 0.4) is 0 Å². The fraction of sp³-hybridized carbons (Fsp3) is 0.0625. The number of halogens is 1. The highest BCUT2D eigenvalue weighted by molar-refractivity contribution is 9.10. The monoisotopic (exact) mass is 407 g/mol. The number of carbonyl (C=O) groups is 1. The van der Waals surface area contributed by atoms with Crippen LogP contribution in [0.2, 0.25) is 0 Å². The minimum absolute atomic E-state index is 0.171. The van der Waals surface area contributed by atoms with E-state index >= 15 is 0 Å². The number of nitrogens with zero attached hydrogens (tertiary/aromatic N) is 1. The molecular weight excluding hydrogens is 394 g/mol. The Labute approximate surface area is 152 Å². The molecule has 0 bridgehead atoms. The van der Waals surface area contributed by atoms with E-state index in [1.807, 2.05) is 18.2 Å². The summed E-state index contributed by atoms with van der Waals surface area (Å²) in [5.41, 5.74) is 4.17. The Bertz CT molecular complexity index is 796. The third kappa shape index (κ3) is 5.04. The molecule has 0 aromatic heterocycles. The van der Waals surface area contributed by atoms with Crippen molar-refractivity contribution in [3.8, 4) is 5.75 Å². The van der Waals surface area contributed by atoms with E-state index in [1.165, 1.54) is 12.1 Å². The van der Waals surface area contributed by atoms with Crippen LogP contribution in [0.15, 0.2) is 52.0 Å². The van der Waals surface area contributed by atoms with Gasteiger partial charge in [0.15, 0.2) is 5.11 Å². The molecule has 0 amide bonds. The SMILES string of the molecule is COc1ccc(Br)cc1/C=N/NC(=S)Nc1cccc(C(=O)O)c1. The van der Waals surface area contributed by atoms with Gasteiger partial charge in [0.2, 0.25) is 0 Å². The first-order valence-electron chi connectivity index (χ1n) is 6.76. The second-order valence-electron chi connectivity index (χ2n) is 4.60. The van der Waals surface area contributed by atoms with Gasteiger partial charge in [0.25, 0.3) is 0 Å². The predicted molar refractivity (Wildman–Crippen MR) is 101 cm³/mol. The maximum Gasteiger partial charge on any atom is 0.335 e. The van der Waals surface area contributed by atoms with Crippen LogP contribution >= 0.6 is 28.1 Å². The lowest BCUT2D eigenvalue weighted by Crippen LogP contribution is -2.24. The van der Waals surface area contributed by atoms with Crippen LogP contribution in [0.1, 0.15) is 15.9 Å². The number of carboxylic acid groups (broad SMARTS) is 1. The molecule has 0 aliphatic rings. The molecule has 2 aromatic rings. The van der Waals surface area contributed by atoms with Gasteiger partial charge in [0, 0.05) is 15.7 Å². The number of hydrogen-bond acceptors (Lipinski definition) is 4. The summed E-state index contributed by atoms with van der Waals surface area (Å²) in [5.74, 6) is -0.325. The second kappa shape index (κ2) is 8.42. The minimum Gasteiger partial charge on any atom is -0.496 e. The number of hydrogen-bond donors (Lipinski definition) is 3. The third-order valence-corrected chi connectivity index (χ3v) is 3.62. The predicted octanol–water partition coefficient (Wildman–Crippen LogP) is 3.48. The van der Waals surface area contributed by atoms with Crippen LogP contribution in [0, 0.1) is 0 Å². The largest absolute Gasteiger partial charge is 0.496 e. The van der Waals surface area contributed by atoms with Crippen molar-refractivity contribution in [3.05, 3.63) is 58.1 Å². The maximum absolute atomic E-state index is 10.9. The van der Waals surface area contributed by atoms with Crippen molar-refractivity contribution < 1.29 is 14.6 Å². The standard InChI is InChI=1S/C16H14BrN3O3S/c1-23-14-6-5-12(17)7-11(14)9-18-20-16(24)19-13-4-2-3-10(8-13)15(21)22/h2-9H,1H3,(H,21,22)(H2,19,20,24)/b18-9+. The Hall–Kier alpha value is -2.45. The number of hydrazone groups is 1. The molecule has 3 N–H and O–H groups in total. The number of ether oxygens (including phenoxy) is 1. The van der Waals surface area contributed by atoms with Crippen molar-refractivity contribution >= 4 is 51.1 Å². The van der Waals surface area contributed by atoms with Crippen LogP contribution in [0.4, 0.5) is 5.69 Å². The van der Waals surface area contributed by atoms with Gasteiger partial charge in [0.05, 0.1) is 18.9 Å². The summed E-state index contributed by atoms with van der Waals surface area (Å²) in [5, 5.41) is 16.1. The highest BCUT2D eigenvalue weighted by Crippen LogP contribution is 2.21. The molecule has 8 heteroatoms. The molecule has 124 valence electrons. The molecule has 0 spiro atoms. The van der Waals surface area contributed by atoms with Crippen molar-refractivity contribution in [2.24, 2.45) is 5.10 Å². The summed E-state index contributed by atoms with van der Waals surface area (Å²) >= 11 is 8.51. The lowest BCUT2D eigenvalue weighted by atomic mass is 10.2. The lowest BCUT2D eigenvalue weighted by Gasteiger charge is -2.08. The van der Waals surface area contributed by atoms with Gasteiger partial charge in [-0.25, -0.2) is 4.79 Å². The van der Waals surface area contributed by atoms with Gasteiger partial charge in [-0.2, -0.15) is 5.10 Å². The van der Waals surface area contributed by atoms with Crippen LogP contribution < -0.4 is 15.5 Å². The number of aromatic carboxylic acids is 1. The van der Waals surface area contributed by atoms with Crippen molar-refractivity contribution in [2.75, 3.05) is 12.4 Å². The molecule has 0 fully saturated rings. The zero-order valence-corrected chi connectivity index (χ0v) is 15.0. The average molecular weight is 408 g/mol. The second-order valence-corrected chi connectivity index (χ2v) is 5.92. The van der Waals surface area contributed by atoms with E-state index in [9.17, 15) is 4.79 Å². The molecule has 0 heterocycles. The van der Waals surface area contributed by atoms with E-state index in [0.29, 0.717) is 11.4 Å². The van der Waals surface area contributed by atoms with E-state index in [2.05, 4.69) is 31.8 Å². The summed E-state index contributed by atoms with van der Waals surface area (Å²) < 4.78 is 6.14. The number of thiocarbonyl (C=S) groups is 1. The number of methoxy groups -OCH3 is 1. The quantitative estimate of drug-likeness (QED) is 0.399. The topological polar surface area (TPSA) is 83.0 Å². The van der Waals surface area contributed by atoms with Gasteiger partial charge >= 0.3 is 5.97 Å². The fourth-order valence-corrected chi connectivity index (χ4v) is 2.40. The van der Waals surface area contributed by atoms with Crippen molar-refractivity contribution in [1.82, 2.24) is 5.43 Å². The van der Waals surface area contributed by atoms with Crippen LogP contribution in [-0.4, -0.2) is 29.5 Å². The van der Waals surface area contributed by atoms with Crippen LogP contribution in [0.5, 0.6) is 5.75 Å². The Balaban J connectivity index is 1.99. The first-order chi connectivity index (χ1) is 11.5. The molecule has 0 radical (unpaired) electrons. The summed E-state index contributed by atoms with van der Waals surface area (Å²) in [7, 11) is 1.58. The highest BCUT2D eigenvalue weighted by atomic mass is 79.9. The molecule has 24 heavy (non-hydrogen) atoms. The number of carboxylic acids is 1. The first kappa shape index (κ1) is 17.9. The van der Waals surface area contributed by atoms with E-state index < -0.39 is 5.97 Å². The van der Waals surface area contributed by atoms with Gasteiger partial charge in [-0.1, -0.05) is 22.0 Å². The van der Waals surface area contributed by atoms with E-state index in [-0.39, 0.29) is 10.7 Å².